The molecule has 1 heterocycles. The zero-order valence-corrected chi connectivity index (χ0v) is 9.75. The molecule has 1 aromatic carbocycles. The Morgan fingerprint density at radius 1 is 1.35 bits per heavy atom. The van der Waals surface area contributed by atoms with Crippen LogP contribution in [0, 0.1) is 0 Å². The van der Waals surface area contributed by atoms with Gasteiger partial charge in [0.15, 0.2) is 0 Å². The Hall–Kier alpha value is -1.35. The van der Waals surface area contributed by atoms with Crippen molar-refractivity contribution in [3.8, 4) is 0 Å². The summed E-state index contributed by atoms with van der Waals surface area (Å²) in [5, 5.41) is 0.990. The molecule has 3 N–H and O–H groups in total. The summed E-state index contributed by atoms with van der Waals surface area (Å²) in [6.07, 6.45) is 4.70. The second-order valence-corrected chi connectivity index (χ2v) is 5.07. The summed E-state index contributed by atoms with van der Waals surface area (Å²) >= 11 is 0. The van der Waals surface area contributed by atoms with Crippen LogP contribution in [0.15, 0.2) is 30.5 Å². The van der Waals surface area contributed by atoms with Crippen LogP contribution in [0.25, 0.3) is 10.9 Å². The molecule has 0 saturated heterocycles. The number of H-pyrrole nitrogens is 1. The minimum absolute atomic E-state index is 0.0112. The van der Waals surface area contributed by atoms with Crippen LogP contribution >= 0.6 is 0 Å². The van der Waals surface area contributed by atoms with E-state index in [-0.39, 0.29) is 6.04 Å². The van der Waals surface area contributed by atoms with E-state index in [0.717, 1.165) is 29.3 Å². The van der Waals surface area contributed by atoms with Crippen molar-refractivity contribution in [3.63, 3.8) is 0 Å². The summed E-state index contributed by atoms with van der Waals surface area (Å²) in [6.45, 7) is 0. The average Bonchev–Trinajstić information content (AvgIpc) is 2.76. The molecular weight excluding hydrogens is 215 g/mol. The van der Waals surface area contributed by atoms with Gasteiger partial charge in [0, 0.05) is 29.6 Å². The molecule has 0 aliphatic heterocycles. The number of hydrogen-bond donors (Lipinski definition) is 2. The molecule has 0 bridgehead atoms. The lowest BCUT2D eigenvalue weighted by atomic mass is 9.78. The first-order valence-electron chi connectivity index (χ1n) is 6.20. The van der Waals surface area contributed by atoms with E-state index in [1.165, 1.54) is 0 Å². The first kappa shape index (κ1) is 10.8. The van der Waals surface area contributed by atoms with E-state index in [2.05, 4.69) is 4.98 Å². The maximum Gasteiger partial charge on any atom is 0.138 e. The monoisotopic (exact) mass is 232 g/mol. The van der Waals surface area contributed by atoms with Crippen LogP contribution in [0.1, 0.15) is 31.2 Å². The zero-order chi connectivity index (χ0) is 11.9. The lowest BCUT2D eigenvalue weighted by Crippen LogP contribution is -2.36. The van der Waals surface area contributed by atoms with Crippen LogP contribution < -0.4 is 5.73 Å². The van der Waals surface area contributed by atoms with E-state index in [0.29, 0.717) is 12.8 Å². The van der Waals surface area contributed by atoms with Crippen LogP contribution in [0.3, 0.4) is 0 Å². The Morgan fingerprint density at radius 3 is 3.06 bits per heavy atom. The van der Waals surface area contributed by atoms with Crippen molar-refractivity contribution >= 4 is 10.9 Å². The third kappa shape index (κ3) is 1.75. The Balaban J connectivity index is 2.10. The summed E-state index contributed by atoms with van der Waals surface area (Å²) in [4.78, 5) is 3.13. The smallest absolute Gasteiger partial charge is 0.138 e. The van der Waals surface area contributed by atoms with Gasteiger partial charge in [0.2, 0.25) is 0 Å². The molecule has 17 heavy (non-hydrogen) atoms. The highest BCUT2D eigenvalue weighted by Gasteiger charge is 2.37. The molecule has 1 saturated carbocycles. The first-order valence-corrected chi connectivity index (χ1v) is 6.20. The molecule has 2 nitrogen and oxygen atoms in total. The highest BCUT2D eigenvalue weighted by atomic mass is 19.1. The summed E-state index contributed by atoms with van der Waals surface area (Å²) in [7, 11) is 0. The number of aromatic nitrogens is 1. The van der Waals surface area contributed by atoms with Gasteiger partial charge < -0.3 is 10.7 Å². The fraction of sp³-hybridized carbons (Fsp3) is 0.429. The van der Waals surface area contributed by atoms with Crippen molar-refractivity contribution in [3.05, 3.63) is 36.0 Å². The number of alkyl halides is 1. The van der Waals surface area contributed by atoms with E-state index >= 15 is 4.39 Å². The fourth-order valence-corrected chi connectivity index (χ4v) is 2.98. The second-order valence-electron chi connectivity index (χ2n) is 5.07. The zero-order valence-electron chi connectivity index (χ0n) is 9.75. The number of aromatic amines is 1. The average molecular weight is 232 g/mol. The van der Waals surface area contributed by atoms with Gasteiger partial charge in [0.1, 0.15) is 5.67 Å². The Morgan fingerprint density at radius 2 is 2.24 bits per heavy atom. The summed E-state index contributed by atoms with van der Waals surface area (Å²) in [5.74, 6) is 0. The SMILES string of the molecule is NC1CCCC(F)(c2cccc3[nH]ccc23)C1. The van der Waals surface area contributed by atoms with E-state index in [4.69, 9.17) is 5.73 Å². The molecule has 2 unspecified atom stereocenters. The van der Waals surface area contributed by atoms with E-state index < -0.39 is 5.67 Å². The van der Waals surface area contributed by atoms with Crippen molar-refractivity contribution in [1.82, 2.24) is 4.98 Å². The van der Waals surface area contributed by atoms with Crippen LogP contribution in [0.2, 0.25) is 0 Å². The van der Waals surface area contributed by atoms with Gasteiger partial charge in [-0.1, -0.05) is 12.1 Å². The molecule has 2 atom stereocenters. The van der Waals surface area contributed by atoms with Gasteiger partial charge in [-0.2, -0.15) is 0 Å². The first-order chi connectivity index (χ1) is 8.19. The number of hydrogen-bond acceptors (Lipinski definition) is 1. The van der Waals surface area contributed by atoms with E-state index in [1.54, 1.807) is 0 Å². The highest BCUT2D eigenvalue weighted by Crippen LogP contribution is 2.42. The molecule has 1 aliphatic rings. The number of rotatable bonds is 1. The molecular formula is C14H17FN2. The van der Waals surface area contributed by atoms with Crippen LogP contribution in [-0.2, 0) is 5.67 Å². The van der Waals surface area contributed by atoms with Gasteiger partial charge in [0.25, 0.3) is 0 Å². The molecule has 1 aliphatic carbocycles. The fourth-order valence-electron chi connectivity index (χ4n) is 2.98. The van der Waals surface area contributed by atoms with E-state index in [9.17, 15) is 0 Å². The molecule has 90 valence electrons. The van der Waals surface area contributed by atoms with Crippen molar-refractivity contribution in [2.45, 2.75) is 37.4 Å². The Kier molecular flexibility index (Phi) is 2.44. The number of halogens is 1. The molecule has 3 rings (SSSR count). The van der Waals surface area contributed by atoms with Crippen molar-refractivity contribution < 1.29 is 4.39 Å². The third-order valence-corrected chi connectivity index (χ3v) is 3.81. The second kappa shape index (κ2) is 3.84. The maximum atomic E-state index is 15.1. The lowest BCUT2D eigenvalue weighted by Gasteiger charge is -2.33. The van der Waals surface area contributed by atoms with Gasteiger partial charge in [-0.15, -0.1) is 0 Å². The summed E-state index contributed by atoms with van der Waals surface area (Å²) < 4.78 is 15.1. The number of benzene rings is 1. The molecule has 3 heteroatoms. The minimum atomic E-state index is -1.25. The van der Waals surface area contributed by atoms with Crippen molar-refractivity contribution in [2.24, 2.45) is 5.73 Å². The quantitative estimate of drug-likeness (QED) is 0.778. The predicted octanol–water partition coefficient (Wildman–Crippen LogP) is 3.23. The third-order valence-electron chi connectivity index (χ3n) is 3.81. The van der Waals surface area contributed by atoms with E-state index in [1.807, 2.05) is 30.5 Å². The molecule has 0 amide bonds. The maximum absolute atomic E-state index is 15.1. The Labute approximate surface area is 100 Å². The molecule has 1 aromatic heterocycles. The number of fused-ring (bicyclic) bond motifs is 1. The van der Waals surface area contributed by atoms with Gasteiger partial charge in [0.05, 0.1) is 0 Å². The lowest BCUT2D eigenvalue weighted by molar-refractivity contribution is 0.0964. The van der Waals surface area contributed by atoms with Crippen molar-refractivity contribution in [2.75, 3.05) is 0 Å². The predicted molar refractivity (Wildman–Crippen MR) is 67.5 cm³/mol. The highest BCUT2D eigenvalue weighted by molar-refractivity contribution is 5.83. The number of nitrogens with one attached hydrogen (secondary N) is 1. The summed E-state index contributed by atoms with van der Waals surface area (Å²) in [6, 6.07) is 7.73. The van der Waals surface area contributed by atoms with Gasteiger partial charge in [-0.25, -0.2) is 4.39 Å². The van der Waals surface area contributed by atoms with Crippen LogP contribution in [-0.4, -0.2) is 11.0 Å². The minimum Gasteiger partial charge on any atom is -0.361 e. The van der Waals surface area contributed by atoms with Crippen LogP contribution in [0.4, 0.5) is 4.39 Å². The Bertz CT molecular complexity index is 534. The molecule has 2 aromatic rings. The van der Waals surface area contributed by atoms with Crippen LogP contribution in [0.5, 0.6) is 0 Å². The largest absolute Gasteiger partial charge is 0.361 e. The number of nitrogens with two attached hydrogens (primary N) is 1. The van der Waals surface area contributed by atoms with Gasteiger partial charge in [-0.3, -0.25) is 0 Å². The molecule has 1 fully saturated rings. The van der Waals surface area contributed by atoms with Gasteiger partial charge in [-0.05, 0) is 37.0 Å². The normalized spacial score (nSPS) is 29.6. The topological polar surface area (TPSA) is 41.8 Å². The van der Waals surface area contributed by atoms with Crippen molar-refractivity contribution in [1.29, 1.82) is 0 Å². The van der Waals surface area contributed by atoms with Gasteiger partial charge >= 0.3 is 0 Å². The molecule has 0 spiro atoms. The summed E-state index contributed by atoms with van der Waals surface area (Å²) in [5.41, 5.74) is 6.46. The molecule has 0 radical (unpaired) electrons. The standard InChI is InChI=1S/C14H17FN2/c15-14(7-2-3-10(16)9-14)12-4-1-5-13-11(12)6-8-17-13/h1,4-6,8,10,17H,2-3,7,9,16H2.